The summed E-state index contributed by atoms with van der Waals surface area (Å²) in [6.45, 7) is 1.88. The van der Waals surface area contributed by atoms with E-state index in [-0.39, 0.29) is 12.2 Å². The summed E-state index contributed by atoms with van der Waals surface area (Å²) < 4.78 is 12.8. The Morgan fingerprint density at radius 1 is 1.38 bits per heavy atom. The standard InChI is InChI=1S/C12H10FN3/c1-8-12(16-11(15-8)6-7-14)9-2-4-10(13)5-3-9/h2-5H,6H2,1H3,(H,15,16). The van der Waals surface area contributed by atoms with E-state index in [2.05, 4.69) is 9.97 Å². The average Bonchev–Trinajstić information content (AvgIpc) is 2.61. The maximum absolute atomic E-state index is 12.8. The Kier molecular flexibility index (Phi) is 2.69. The summed E-state index contributed by atoms with van der Waals surface area (Å²) in [5.74, 6) is 0.369. The van der Waals surface area contributed by atoms with Gasteiger partial charge in [0.15, 0.2) is 0 Å². The van der Waals surface area contributed by atoms with Crippen LogP contribution in [0.5, 0.6) is 0 Å². The van der Waals surface area contributed by atoms with Gasteiger partial charge in [0.25, 0.3) is 0 Å². The second kappa shape index (κ2) is 4.15. The highest BCUT2D eigenvalue weighted by atomic mass is 19.1. The summed E-state index contributed by atoms with van der Waals surface area (Å²) >= 11 is 0. The fraction of sp³-hybridized carbons (Fsp3) is 0.167. The molecule has 0 aliphatic heterocycles. The Bertz CT molecular complexity index is 534. The number of hydrogen-bond acceptors (Lipinski definition) is 2. The lowest BCUT2D eigenvalue weighted by Crippen LogP contribution is -1.84. The number of aromatic amines is 1. The Balaban J connectivity index is 2.40. The van der Waals surface area contributed by atoms with Gasteiger partial charge in [0.1, 0.15) is 11.6 Å². The van der Waals surface area contributed by atoms with Crippen molar-refractivity contribution >= 4 is 0 Å². The van der Waals surface area contributed by atoms with Crippen LogP contribution < -0.4 is 0 Å². The molecule has 4 heteroatoms. The van der Waals surface area contributed by atoms with Crippen molar-refractivity contribution in [2.24, 2.45) is 0 Å². The van der Waals surface area contributed by atoms with Gasteiger partial charge in [0, 0.05) is 11.3 Å². The number of nitrogens with one attached hydrogen (secondary N) is 1. The smallest absolute Gasteiger partial charge is 0.123 e. The molecule has 0 amide bonds. The molecule has 0 spiro atoms. The van der Waals surface area contributed by atoms with Crippen LogP contribution in [0.3, 0.4) is 0 Å². The first-order valence-electron chi connectivity index (χ1n) is 4.89. The summed E-state index contributed by atoms with van der Waals surface area (Å²) in [6.07, 6.45) is 0.252. The third-order valence-corrected chi connectivity index (χ3v) is 2.30. The van der Waals surface area contributed by atoms with E-state index in [1.54, 1.807) is 12.1 Å². The lowest BCUT2D eigenvalue weighted by molar-refractivity contribution is 0.628. The molecule has 1 aromatic carbocycles. The van der Waals surface area contributed by atoms with E-state index >= 15 is 0 Å². The van der Waals surface area contributed by atoms with Crippen LogP contribution >= 0.6 is 0 Å². The highest BCUT2D eigenvalue weighted by molar-refractivity contribution is 5.61. The summed E-state index contributed by atoms with van der Waals surface area (Å²) in [6, 6.07) is 8.17. The van der Waals surface area contributed by atoms with Gasteiger partial charge in [-0.1, -0.05) is 0 Å². The maximum Gasteiger partial charge on any atom is 0.123 e. The molecule has 0 aliphatic rings. The molecule has 1 heterocycles. The van der Waals surface area contributed by atoms with E-state index < -0.39 is 0 Å². The molecule has 2 aromatic rings. The van der Waals surface area contributed by atoms with Crippen molar-refractivity contribution in [3.63, 3.8) is 0 Å². The molecular weight excluding hydrogens is 205 g/mol. The van der Waals surface area contributed by atoms with E-state index in [9.17, 15) is 4.39 Å². The molecule has 0 unspecified atom stereocenters. The lowest BCUT2D eigenvalue weighted by atomic mass is 10.1. The van der Waals surface area contributed by atoms with E-state index in [4.69, 9.17) is 5.26 Å². The Hall–Kier alpha value is -2.15. The van der Waals surface area contributed by atoms with Gasteiger partial charge in [-0.25, -0.2) is 9.37 Å². The van der Waals surface area contributed by atoms with Crippen LogP contribution in [-0.4, -0.2) is 9.97 Å². The predicted octanol–water partition coefficient (Wildman–Crippen LogP) is 2.59. The first-order chi connectivity index (χ1) is 7.70. The summed E-state index contributed by atoms with van der Waals surface area (Å²) in [7, 11) is 0. The van der Waals surface area contributed by atoms with Crippen molar-refractivity contribution in [2.75, 3.05) is 0 Å². The van der Waals surface area contributed by atoms with Crippen LogP contribution in [0.4, 0.5) is 4.39 Å². The Morgan fingerprint density at radius 2 is 2.06 bits per heavy atom. The number of nitrogens with zero attached hydrogens (tertiary/aromatic N) is 2. The topological polar surface area (TPSA) is 52.5 Å². The normalized spacial score (nSPS) is 10.1. The second-order valence-electron chi connectivity index (χ2n) is 3.50. The molecule has 0 atom stereocenters. The van der Waals surface area contributed by atoms with E-state index in [1.165, 1.54) is 12.1 Å². The lowest BCUT2D eigenvalue weighted by Gasteiger charge is -1.97. The molecule has 1 N–H and O–H groups in total. The van der Waals surface area contributed by atoms with E-state index in [1.807, 2.05) is 13.0 Å². The molecule has 1 aromatic heterocycles. The van der Waals surface area contributed by atoms with Gasteiger partial charge in [0.05, 0.1) is 18.2 Å². The SMILES string of the molecule is Cc1[nH]c(CC#N)nc1-c1ccc(F)cc1. The van der Waals surface area contributed by atoms with Gasteiger partial charge >= 0.3 is 0 Å². The number of imidazole rings is 1. The van der Waals surface area contributed by atoms with Crippen LogP contribution in [-0.2, 0) is 6.42 Å². The van der Waals surface area contributed by atoms with Crippen molar-refractivity contribution in [2.45, 2.75) is 13.3 Å². The fourth-order valence-electron chi connectivity index (χ4n) is 1.57. The molecule has 0 saturated carbocycles. The molecule has 0 aliphatic carbocycles. The highest BCUT2D eigenvalue weighted by Gasteiger charge is 2.08. The number of halogens is 1. The first kappa shape index (κ1) is 10.4. The molecule has 80 valence electrons. The number of hydrogen-bond donors (Lipinski definition) is 1. The first-order valence-corrected chi connectivity index (χ1v) is 4.89. The van der Waals surface area contributed by atoms with Crippen molar-refractivity contribution < 1.29 is 4.39 Å². The second-order valence-corrected chi connectivity index (χ2v) is 3.50. The molecule has 0 bridgehead atoms. The molecule has 16 heavy (non-hydrogen) atoms. The molecule has 0 radical (unpaired) electrons. The molecule has 0 saturated heterocycles. The summed E-state index contributed by atoms with van der Waals surface area (Å²) in [5.41, 5.74) is 2.50. The van der Waals surface area contributed by atoms with Gasteiger partial charge in [-0.15, -0.1) is 0 Å². The number of aryl methyl sites for hydroxylation is 1. The minimum atomic E-state index is -0.269. The number of benzene rings is 1. The third kappa shape index (κ3) is 1.94. The van der Waals surface area contributed by atoms with Crippen molar-refractivity contribution in [3.05, 3.63) is 41.6 Å². The molecular formula is C12H10FN3. The largest absolute Gasteiger partial charge is 0.345 e. The quantitative estimate of drug-likeness (QED) is 0.837. The minimum Gasteiger partial charge on any atom is -0.345 e. The minimum absolute atomic E-state index is 0.252. The Labute approximate surface area is 92.6 Å². The van der Waals surface area contributed by atoms with Crippen LogP contribution in [0.15, 0.2) is 24.3 Å². The number of nitriles is 1. The van der Waals surface area contributed by atoms with Gasteiger partial charge in [-0.3, -0.25) is 0 Å². The zero-order valence-electron chi connectivity index (χ0n) is 8.79. The van der Waals surface area contributed by atoms with Gasteiger partial charge < -0.3 is 4.98 Å². The van der Waals surface area contributed by atoms with E-state index in [0.29, 0.717) is 5.82 Å². The van der Waals surface area contributed by atoms with Crippen LogP contribution in [0, 0.1) is 24.1 Å². The predicted molar refractivity (Wildman–Crippen MR) is 58.0 cm³/mol. The average molecular weight is 215 g/mol. The zero-order chi connectivity index (χ0) is 11.5. The van der Waals surface area contributed by atoms with Crippen LogP contribution in [0.25, 0.3) is 11.3 Å². The Morgan fingerprint density at radius 3 is 2.69 bits per heavy atom. The zero-order valence-corrected chi connectivity index (χ0v) is 8.79. The molecule has 0 fully saturated rings. The third-order valence-electron chi connectivity index (χ3n) is 2.30. The van der Waals surface area contributed by atoms with Gasteiger partial charge in [0.2, 0.25) is 0 Å². The van der Waals surface area contributed by atoms with Crippen molar-refractivity contribution in [3.8, 4) is 17.3 Å². The highest BCUT2D eigenvalue weighted by Crippen LogP contribution is 2.21. The maximum atomic E-state index is 12.8. The van der Waals surface area contributed by atoms with Crippen LogP contribution in [0.2, 0.25) is 0 Å². The number of H-pyrrole nitrogens is 1. The molecule has 2 rings (SSSR count). The number of aromatic nitrogens is 2. The van der Waals surface area contributed by atoms with Crippen LogP contribution in [0.1, 0.15) is 11.5 Å². The molecule has 3 nitrogen and oxygen atoms in total. The van der Waals surface area contributed by atoms with E-state index in [0.717, 1.165) is 17.0 Å². The van der Waals surface area contributed by atoms with Gasteiger partial charge in [-0.2, -0.15) is 5.26 Å². The van der Waals surface area contributed by atoms with Crippen molar-refractivity contribution in [1.82, 2.24) is 9.97 Å². The fourth-order valence-corrected chi connectivity index (χ4v) is 1.57. The summed E-state index contributed by atoms with van der Waals surface area (Å²) in [5, 5.41) is 8.57. The monoisotopic (exact) mass is 215 g/mol. The summed E-state index contributed by atoms with van der Waals surface area (Å²) in [4.78, 5) is 7.33. The van der Waals surface area contributed by atoms with Gasteiger partial charge in [-0.05, 0) is 31.2 Å². The van der Waals surface area contributed by atoms with Crippen molar-refractivity contribution in [1.29, 1.82) is 5.26 Å². The number of rotatable bonds is 2.